The summed E-state index contributed by atoms with van der Waals surface area (Å²) >= 11 is 0. The molecular formula is C13H11OP. The maximum atomic E-state index is 11.9. The molecule has 15 heavy (non-hydrogen) atoms. The van der Waals surface area contributed by atoms with Crippen LogP contribution in [0.1, 0.15) is 17.3 Å². The zero-order valence-electron chi connectivity index (χ0n) is 8.29. The van der Waals surface area contributed by atoms with Gasteiger partial charge in [-0.3, -0.25) is 4.79 Å². The smallest absolute Gasteiger partial charge is 0.201 e. The van der Waals surface area contributed by atoms with Crippen LogP contribution in [0.5, 0.6) is 0 Å². The fraction of sp³-hybridized carbons (Fsp3) is 0.154. The Morgan fingerprint density at radius 3 is 2.80 bits per heavy atom. The molecule has 1 aromatic heterocycles. The number of hydrogen-bond donors (Lipinski definition) is 0. The molecule has 1 aliphatic carbocycles. The summed E-state index contributed by atoms with van der Waals surface area (Å²) in [5.41, 5.74) is 1.30. The molecule has 2 heteroatoms. The molecule has 3 rings (SSSR count). The number of allylic oxidation sites excluding steroid dienone is 1. The fourth-order valence-corrected chi connectivity index (χ4v) is 3.42. The Hall–Kier alpha value is -1.33. The van der Waals surface area contributed by atoms with E-state index in [2.05, 4.69) is 18.2 Å². The summed E-state index contributed by atoms with van der Waals surface area (Å²) in [6.45, 7) is 0. The van der Waals surface area contributed by atoms with Crippen LogP contribution in [0.2, 0.25) is 0 Å². The summed E-state index contributed by atoms with van der Waals surface area (Å²) in [7, 11) is 0.361. The SMILES string of the molecule is O=c1[pH]c2c(c3ccccc13)C=CCC2. The molecule has 0 amide bonds. The van der Waals surface area contributed by atoms with Crippen molar-refractivity contribution in [2.75, 3.05) is 0 Å². The van der Waals surface area contributed by atoms with Crippen molar-refractivity contribution in [3.63, 3.8) is 0 Å². The molecule has 0 N–H and O–H groups in total. The topological polar surface area (TPSA) is 17.1 Å². The highest BCUT2D eigenvalue weighted by molar-refractivity contribution is 7.30. The highest BCUT2D eigenvalue weighted by atomic mass is 31.0. The van der Waals surface area contributed by atoms with Crippen LogP contribution in [-0.4, -0.2) is 0 Å². The standard InChI is InChI=1S/C13H11OP/c14-13-11-7-2-1-5-9(11)10-6-3-4-8-12(10)15-13/h1-3,5-7,15H,4,8H2. The van der Waals surface area contributed by atoms with Gasteiger partial charge in [0.1, 0.15) is 0 Å². The van der Waals surface area contributed by atoms with E-state index < -0.39 is 0 Å². The third-order valence-corrected chi connectivity index (χ3v) is 4.21. The number of benzene rings is 1. The molecule has 1 heterocycles. The summed E-state index contributed by atoms with van der Waals surface area (Å²) in [5.74, 6) is 0. The van der Waals surface area contributed by atoms with E-state index in [0.29, 0.717) is 13.4 Å². The van der Waals surface area contributed by atoms with Crippen molar-refractivity contribution >= 4 is 25.0 Å². The number of fused-ring (bicyclic) bond motifs is 3. The van der Waals surface area contributed by atoms with Gasteiger partial charge in [-0.15, -0.1) is 0 Å². The van der Waals surface area contributed by atoms with Crippen molar-refractivity contribution in [1.82, 2.24) is 0 Å². The molecule has 74 valence electrons. The van der Waals surface area contributed by atoms with E-state index in [-0.39, 0.29) is 0 Å². The maximum Gasteiger partial charge on any atom is 0.201 e. The molecule has 0 spiro atoms. The van der Waals surface area contributed by atoms with E-state index in [4.69, 9.17) is 0 Å². The van der Waals surface area contributed by atoms with Gasteiger partial charge in [-0.1, -0.05) is 44.6 Å². The molecule has 1 unspecified atom stereocenters. The lowest BCUT2D eigenvalue weighted by molar-refractivity contribution is 1.01. The van der Waals surface area contributed by atoms with E-state index in [1.54, 1.807) is 0 Å². The zero-order chi connectivity index (χ0) is 10.3. The molecule has 0 aliphatic heterocycles. The normalized spacial score (nSPS) is 14.7. The first kappa shape index (κ1) is 8.94. The Labute approximate surface area is 89.5 Å². The van der Waals surface area contributed by atoms with Gasteiger partial charge in [0.15, 0.2) is 0 Å². The van der Waals surface area contributed by atoms with E-state index in [1.165, 1.54) is 10.9 Å². The molecule has 2 aromatic rings. The van der Waals surface area contributed by atoms with Crippen LogP contribution < -0.4 is 5.16 Å². The predicted octanol–water partition coefficient (Wildman–Crippen LogP) is 3.19. The monoisotopic (exact) mass is 214 g/mol. The second-order valence-electron chi connectivity index (χ2n) is 3.83. The van der Waals surface area contributed by atoms with Crippen LogP contribution in [0, 0.1) is 0 Å². The van der Waals surface area contributed by atoms with Crippen LogP contribution in [-0.2, 0) is 6.42 Å². The summed E-state index contributed by atoms with van der Waals surface area (Å²) in [4.78, 5) is 11.9. The third kappa shape index (κ3) is 1.35. The lowest BCUT2D eigenvalue weighted by atomic mass is 10.0. The minimum Gasteiger partial charge on any atom is -0.285 e. The largest absolute Gasteiger partial charge is 0.285 e. The lowest BCUT2D eigenvalue weighted by Crippen LogP contribution is -2.01. The van der Waals surface area contributed by atoms with Crippen LogP contribution in [0.25, 0.3) is 16.8 Å². The Morgan fingerprint density at radius 1 is 1.13 bits per heavy atom. The van der Waals surface area contributed by atoms with Gasteiger partial charge in [-0.05, 0) is 29.1 Å². The first-order chi connectivity index (χ1) is 7.36. The van der Waals surface area contributed by atoms with Gasteiger partial charge in [0.2, 0.25) is 5.16 Å². The molecule has 1 aliphatic rings. The Kier molecular flexibility index (Phi) is 2.00. The minimum absolute atomic E-state index is 0.305. The van der Waals surface area contributed by atoms with Gasteiger partial charge < -0.3 is 0 Å². The van der Waals surface area contributed by atoms with Crippen molar-refractivity contribution in [1.29, 1.82) is 0 Å². The van der Waals surface area contributed by atoms with Crippen molar-refractivity contribution in [2.45, 2.75) is 12.8 Å². The van der Waals surface area contributed by atoms with Crippen molar-refractivity contribution in [3.8, 4) is 0 Å². The van der Waals surface area contributed by atoms with Gasteiger partial charge in [-0.2, -0.15) is 0 Å². The van der Waals surface area contributed by atoms with Gasteiger partial charge in [0.25, 0.3) is 0 Å². The van der Waals surface area contributed by atoms with Gasteiger partial charge >= 0.3 is 0 Å². The van der Waals surface area contributed by atoms with E-state index in [1.807, 2.05) is 18.2 Å². The average Bonchev–Trinajstić information content (AvgIpc) is 2.30. The van der Waals surface area contributed by atoms with Gasteiger partial charge in [0, 0.05) is 5.39 Å². The quantitative estimate of drug-likeness (QED) is 0.658. The third-order valence-electron chi connectivity index (χ3n) is 2.90. The number of hydrogen-bond acceptors (Lipinski definition) is 1. The number of rotatable bonds is 0. The first-order valence-corrected chi connectivity index (χ1v) is 6.17. The zero-order valence-corrected chi connectivity index (χ0v) is 9.29. The van der Waals surface area contributed by atoms with Crippen LogP contribution >= 0.6 is 8.19 Å². The van der Waals surface area contributed by atoms with Crippen molar-refractivity contribution in [3.05, 3.63) is 51.2 Å². The molecule has 0 saturated heterocycles. The predicted molar refractivity (Wildman–Crippen MR) is 67.1 cm³/mol. The highest BCUT2D eigenvalue weighted by Gasteiger charge is 2.10. The van der Waals surface area contributed by atoms with Crippen LogP contribution in [0.15, 0.2) is 35.1 Å². The minimum atomic E-state index is 0.305. The fourth-order valence-electron chi connectivity index (χ4n) is 2.17. The second-order valence-corrected chi connectivity index (χ2v) is 5.14. The van der Waals surface area contributed by atoms with Crippen LogP contribution in [0.3, 0.4) is 0 Å². The molecule has 1 aromatic carbocycles. The second kappa shape index (κ2) is 3.36. The van der Waals surface area contributed by atoms with Crippen molar-refractivity contribution < 1.29 is 0 Å². The van der Waals surface area contributed by atoms with Crippen molar-refractivity contribution in [2.24, 2.45) is 0 Å². The Morgan fingerprint density at radius 2 is 1.93 bits per heavy atom. The van der Waals surface area contributed by atoms with Gasteiger partial charge in [-0.25, -0.2) is 0 Å². The van der Waals surface area contributed by atoms with E-state index >= 15 is 0 Å². The Bertz CT molecular complexity index is 607. The molecule has 1 nitrogen and oxygen atoms in total. The summed E-state index contributed by atoms with van der Waals surface area (Å²) in [6.07, 6.45) is 6.53. The van der Waals surface area contributed by atoms with E-state index in [0.717, 1.165) is 23.6 Å². The molecule has 0 saturated carbocycles. The van der Waals surface area contributed by atoms with E-state index in [9.17, 15) is 4.79 Å². The van der Waals surface area contributed by atoms with Gasteiger partial charge in [0.05, 0.1) is 0 Å². The average molecular weight is 214 g/mol. The summed E-state index contributed by atoms with van der Waals surface area (Å²) in [6, 6.07) is 7.95. The highest BCUT2D eigenvalue weighted by Crippen LogP contribution is 2.30. The summed E-state index contributed by atoms with van der Waals surface area (Å²) in [5, 5.41) is 3.69. The number of aryl methyl sites for hydroxylation is 1. The summed E-state index contributed by atoms with van der Waals surface area (Å²) < 4.78 is 0. The molecule has 0 fully saturated rings. The molecule has 0 bridgehead atoms. The maximum absolute atomic E-state index is 11.9. The Balaban J connectivity index is 2.52. The lowest BCUT2D eigenvalue weighted by Gasteiger charge is -2.12. The first-order valence-electron chi connectivity index (χ1n) is 5.17. The molecule has 0 radical (unpaired) electrons. The van der Waals surface area contributed by atoms with Crippen LogP contribution in [0.4, 0.5) is 0 Å². The molecular weight excluding hydrogens is 203 g/mol. The molecule has 1 atom stereocenters.